The zero-order valence-corrected chi connectivity index (χ0v) is 19.1. The molecule has 5 heterocycles. The highest BCUT2D eigenvalue weighted by Crippen LogP contribution is 2.29. The minimum Gasteiger partial charge on any atom is -0.486 e. The number of ether oxygens (including phenoxy) is 3. The van der Waals surface area contributed by atoms with E-state index in [0.29, 0.717) is 63.2 Å². The zero-order valence-electron chi connectivity index (χ0n) is 19.1. The van der Waals surface area contributed by atoms with Crippen molar-refractivity contribution in [3.8, 4) is 17.4 Å². The lowest BCUT2D eigenvalue weighted by molar-refractivity contribution is 0.140. The van der Waals surface area contributed by atoms with E-state index >= 15 is 0 Å². The lowest BCUT2D eigenvalue weighted by atomic mass is 10.1. The second kappa shape index (κ2) is 9.96. The summed E-state index contributed by atoms with van der Waals surface area (Å²) in [6.45, 7) is 4.80. The van der Waals surface area contributed by atoms with Crippen LogP contribution < -0.4 is 25.1 Å². The number of β-amino-alcohol motifs (C(OH)–C–C–N with tert-alkyl or cyclic N) is 1. The van der Waals surface area contributed by atoms with Gasteiger partial charge in [0.2, 0.25) is 5.88 Å². The fourth-order valence-corrected chi connectivity index (χ4v) is 4.51. The average molecular weight is 468 g/mol. The van der Waals surface area contributed by atoms with Crippen LogP contribution in [0.2, 0.25) is 0 Å². The molecule has 0 bridgehead atoms. The summed E-state index contributed by atoms with van der Waals surface area (Å²) in [5, 5.41) is 14.9. The summed E-state index contributed by atoms with van der Waals surface area (Å²) < 4.78 is 18.0. The lowest BCUT2D eigenvalue weighted by Crippen LogP contribution is -2.31. The van der Waals surface area contributed by atoms with Crippen molar-refractivity contribution in [1.29, 1.82) is 0 Å². The van der Waals surface area contributed by atoms with E-state index in [1.54, 1.807) is 36.1 Å². The summed E-state index contributed by atoms with van der Waals surface area (Å²) in [5.74, 6) is 1.97. The van der Waals surface area contributed by atoms with Gasteiger partial charge in [0.1, 0.15) is 18.9 Å². The van der Waals surface area contributed by atoms with Gasteiger partial charge in [-0.1, -0.05) is 0 Å². The first kappa shape index (κ1) is 22.6. The molecule has 5 rings (SSSR count). The molecular formula is C24H29N5O5. The molecule has 0 spiro atoms. The van der Waals surface area contributed by atoms with Crippen molar-refractivity contribution in [2.75, 3.05) is 46.5 Å². The Balaban J connectivity index is 1.16. The van der Waals surface area contributed by atoms with Crippen molar-refractivity contribution >= 4 is 11.0 Å². The van der Waals surface area contributed by atoms with Gasteiger partial charge in [-0.05, 0) is 12.1 Å². The van der Waals surface area contributed by atoms with Crippen LogP contribution in [0.4, 0.5) is 0 Å². The quantitative estimate of drug-likeness (QED) is 0.493. The molecule has 0 radical (unpaired) electrons. The van der Waals surface area contributed by atoms with Gasteiger partial charge in [0, 0.05) is 68.8 Å². The van der Waals surface area contributed by atoms with Crippen molar-refractivity contribution in [2.24, 2.45) is 5.92 Å². The zero-order chi connectivity index (χ0) is 23.5. The highest BCUT2D eigenvalue weighted by Gasteiger charge is 2.30. The summed E-state index contributed by atoms with van der Waals surface area (Å²) in [6, 6.07) is 8.91. The Bertz CT molecular complexity index is 1220. The Morgan fingerprint density at radius 3 is 2.82 bits per heavy atom. The Morgan fingerprint density at radius 2 is 1.97 bits per heavy atom. The normalized spacial score (nSPS) is 20.1. The van der Waals surface area contributed by atoms with Crippen LogP contribution in [-0.4, -0.2) is 77.1 Å². The molecule has 10 nitrogen and oxygen atoms in total. The summed E-state index contributed by atoms with van der Waals surface area (Å²) >= 11 is 0. The van der Waals surface area contributed by atoms with E-state index in [0.717, 1.165) is 23.4 Å². The standard InChI is InChI=1S/C24H29N5O5/c1-32-22-4-2-16-3-5-23(31)29(24(16)27-22)7-6-28-14-17(19(30)15-28)11-25-12-18-10-20-21(13-26-18)34-9-8-33-20/h2-5,10,13,17,19,25,30H,6-9,11-12,14-15H2,1H3/t17-,19+/m0/s1. The lowest BCUT2D eigenvalue weighted by Gasteiger charge is -2.19. The van der Waals surface area contributed by atoms with Crippen LogP contribution in [0.15, 0.2) is 41.3 Å². The molecule has 0 unspecified atom stereocenters. The van der Waals surface area contributed by atoms with Gasteiger partial charge in [0.15, 0.2) is 11.5 Å². The number of nitrogens with one attached hydrogen (secondary N) is 1. The fourth-order valence-electron chi connectivity index (χ4n) is 4.51. The van der Waals surface area contributed by atoms with Crippen LogP contribution in [-0.2, 0) is 13.1 Å². The van der Waals surface area contributed by atoms with Crippen LogP contribution in [0, 0.1) is 5.92 Å². The number of hydrogen-bond acceptors (Lipinski definition) is 9. The fraction of sp³-hybridized carbons (Fsp3) is 0.458. The monoisotopic (exact) mass is 467 g/mol. The van der Waals surface area contributed by atoms with E-state index in [-0.39, 0.29) is 11.5 Å². The van der Waals surface area contributed by atoms with E-state index in [2.05, 4.69) is 20.2 Å². The summed E-state index contributed by atoms with van der Waals surface area (Å²) in [5.41, 5.74) is 1.38. The largest absolute Gasteiger partial charge is 0.486 e. The van der Waals surface area contributed by atoms with Crippen molar-refractivity contribution in [1.82, 2.24) is 24.8 Å². The van der Waals surface area contributed by atoms with Gasteiger partial charge in [-0.15, -0.1) is 0 Å². The number of fused-ring (bicyclic) bond motifs is 2. The first-order valence-corrected chi connectivity index (χ1v) is 11.5. The van der Waals surface area contributed by atoms with E-state index < -0.39 is 6.10 Å². The molecule has 1 fully saturated rings. The molecule has 0 aromatic carbocycles. The molecule has 2 aliphatic rings. The maximum absolute atomic E-state index is 12.5. The van der Waals surface area contributed by atoms with E-state index in [1.807, 2.05) is 12.1 Å². The molecule has 180 valence electrons. The number of likely N-dealkylation sites (tertiary alicyclic amines) is 1. The number of rotatable bonds is 8. The Labute approximate surface area is 197 Å². The summed E-state index contributed by atoms with van der Waals surface area (Å²) in [6.07, 6.45) is 1.26. The van der Waals surface area contributed by atoms with Crippen LogP contribution >= 0.6 is 0 Å². The first-order chi connectivity index (χ1) is 16.6. The maximum Gasteiger partial charge on any atom is 0.252 e. The van der Waals surface area contributed by atoms with E-state index in [1.165, 1.54) is 0 Å². The molecule has 34 heavy (non-hydrogen) atoms. The second-order valence-electron chi connectivity index (χ2n) is 8.63. The number of aromatic nitrogens is 3. The number of nitrogens with zero attached hydrogens (tertiary/aromatic N) is 4. The van der Waals surface area contributed by atoms with Gasteiger partial charge in [-0.3, -0.25) is 19.2 Å². The molecule has 0 amide bonds. The van der Waals surface area contributed by atoms with Crippen LogP contribution in [0.3, 0.4) is 0 Å². The molecule has 2 N–H and O–H groups in total. The summed E-state index contributed by atoms with van der Waals surface area (Å²) in [7, 11) is 1.56. The second-order valence-corrected chi connectivity index (χ2v) is 8.63. The van der Waals surface area contributed by atoms with Gasteiger partial charge in [0.05, 0.1) is 25.1 Å². The maximum atomic E-state index is 12.5. The predicted molar refractivity (Wildman–Crippen MR) is 125 cm³/mol. The van der Waals surface area contributed by atoms with Crippen molar-refractivity contribution in [3.63, 3.8) is 0 Å². The third-order valence-electron chi connectivity index (χ3n) is 6.34. The number of hydrogen-bond donors (Lipinski definition) is 2. The molecule has 2 aliphatic heterocycles. The van der Waals surface area contributed by atoms with E-state index in [9.17, 15) is 9.90 Å². The highest BCUT2D eigenvalue weighted by molar-refractivity contribution is 5.75. The highest BCUT2D eigenvalue weighted by atomic mass is 16.6. The van der Waals surface area contributed by atoms with Gasteiger partial charge in [-0.25, -0.2) is 0 Å². The number of aliphatic hydroxyl groups is 1. The Kier molecular flexibility index (Phi) is 6.61. The summed E-state index contributed by atoms with van der Waals surface area (Å²) in [4.78, 5) is 23.6. The molecule has 3 aromatic heterocycles. The minimum absolute atomic E-state index is 0.0969. The number of methoxy groups -OCH3 is 1. The van der Waals surface area contributed by atoms with Crippen molar-refractivity contribution < 1.29 is 19.3 Å². The van der Waals surface area contributed by atoms with Gasteiger partial charge >= 0.3 is 0 Å². The smallest absolute Gasteiger partial charge is 0.252 e. The van der Waals surface area contributed by atoms with Crippen molar-refractivity contribution in [2.45, 2.75) is 19.2 Å². The topological polar surface area (TPSA) is 111 Å². The molecule has 2 atom stereocenters. The van der Waals surface area contributed by atoms with Gasteiger partial charge < -0.3 is 24.6 Å². The van der Waals surface area contributed by atoms with Gasteiger partial charge in [-0.2, -0.15) is 4.98 Å². The predicted octanol–water partition coefficient (Wildman–Crippen LogP) is 0.654. The molecule has 1 saturated heterocycles. The van der Waals surface area contributed by atoms with Crippen LogP contribution in [0.25, 0.3) is 11.0 Å². The van der Waals surface area contributed by atoms with Crippen molar-refractivity contribution in [3.05, 3.63) is 52.6 Å². The first-order valence-electron chi connectivity index (χ1n) is 11.5. The molecule has 3 aromatic rings. The van der Waals surface area contributed by atoms with E-state index in [4.69, 9.17) is 14.2 Å². The molecule has 10 heteroatoms. The van der Waals surface area contributed by atoms with Gasteiger partial charge in [0.25, 0.3) is 5.56 Å². The number of pyridine rings is 3. The number of aliphatic hydroxyl groups excluding tert-OH is 1. The Morgan fingerprint density at radius 1 is 1.15 bits per heavy atom. The SMILES string of the molecule is COc1ccc2ccc(=O)n(CCN3C[C@H](CNCc4cc5c(cn4)OCCO5)[C@H](O)C3)c2n1. The van der Waals surface area contributed by atoms with Crippen LogP contribution in [0.5, 0.6) is 17.4 Å². The molecule has 0 aliphatic carbocycles. The van der Waals surface area contributed by atoms with Crippen LogP contribution in [0.1, 0.15) is 5.69 Å². The molecular weight excluding hydrogens is 438 g/mol. The third-order valence-corrected chi connectivity index (χ3v) is 6.34. The Hall–Kier alpha value is -3.21. The average Bonchev–Trinajstić information content (AvgIpc) is 3.22. The minimum atomic E-state index is -0.428. The third kappa shape index (κ3) is 4.84. The molecule has 0 saturated carbocycles.